The molecule has 0 unspecified atom stereocenters. The van der Waals surface area contributed by atoms with Crippen molar-refractivity contribution in [1.29, 1.82) is 0 Å². The Kier molecular flexibility index (Phi) is 4.38. The maximum atomic E-state index is 14.2. The van der Waals surface area contributed by atoms with Crippen LogP contribution >= 0.6 is 0 Å². The van der Waals surface area contributed by atoms with Crippen LogP contribution in [0.4, 0.5) is 22.0 Å². The predicted octanol–water partition coefficient (Wildman–Crippen LogP) is 3.07. The van der Waals surface area contributed by atoms with Gasteiger partial charge in [-0.05, 0) is 42.8 Å². The van der Waals surface area contributed by atoms with Gasteiger partial charge in [0.15, 0.2) is 17.2 Å². The van der Waals surface area contributed by atoms with Crippen LogP contribution in [-0.4, -0.2) is 20.5 Å². The topological polar surface area (TPSA) is 71.9 Å². The van der Waals surface area contributed by atoms with Gasteiger partial charge in [0.2, 0.25) is 5.69 Å². The largest absolute Gasteiger partial charge is 0.870 e. The van der Waals surface area contributed by atoms with Crippen LogP contribution in [0.2, 0.25) is 0 Å². The number of benzene rings is 2. The first kappa shape index (κ1) is 18.8. The highest BCUT2D eigenvalue weighted by Crippen LogP contribution is 2.31. The lowest BCUT2D eigenvalue weighted by molar-refractivity contribution is -0.672. The third-order valence-electron chi connectivity index (χ3n) is 4.33. The zero-order chi connectivity index (χ0) is 18.6. The summed E-state index contributed by atoms with van der Waals surface area (Å²) < 4.78 is 68.3. The molecule has 27 heavy (non-hydrogen) atoms. The van der Waals surface area contributed by atoms with E-state index in [1.807, 2.05) is 0 Å². The van der Waals surface area contributed by atoms with E-state index >= 15 is 0 Å². The standard InChI is InChI=1S/C17H10F5N3O.H2O/c18-12-6-7-13(19)15-11(12)5-8-14-16(26)24(23-25(14)15)10-3-1-9(2-4-10)17(20,21)22;/h1-4,6-7H,5,8H2;1H2. The van der Waals surface area contributed by atoms with Crippen molar-refractivity contribution < 1.29 is 37.2 Å². The minimum Gasteiger partial charge on any atom is -0.870 e. The summed E-state index contributed by atoms with van der Waals surface area (Å²) >= 11 is 0. The Hall–Kier alpha value is -3.01. The Balaban J connectivity index is 0.00000210. The Bertz CT molecular complexity index is 1010. The van der Waals surface area contributed by atoms with Crippen LogP contribution in [-0.2, 0) is 19.0 Å². The van der Waals surface area contributed by atoms with Crippen molar-refractivity contribution in [3.8, 4) is 17.3 Å². The molecule has 10 heteroatoms. The normalized spacial score (nSPS) is 12.9. The van der Waals surface area contributed by atoms with Crippen LogP contribution in [0.15, 0.2) is 36.4 Å². The lowest BCUT2D eigenvalue weighted by Gasteiger charge is -2.12. The van der Waals surface area contributed by atoms with Gasteiger partial charge in [0.25, 0.3) is 0 Å². The number of fused-ring (bicyclic) bond motifs is 3. The molecule has 0 aliphatic carbocycles. The molecule has 4 rings (SSSR count). The third kappa shape index (κ3) is 2.91. The van der Waals surface area contributed by atoms with Gasteiger partial charge in [-0.3, -0.25) is 0 Å². The fourth-order valence-corrected chi connectivity index (χ4v) is 3.06. The average molecular weight is 385 g/mol. The van der Waals surface area contributed by atoms with E-state index in [4.69, 9.17) is 0 Å². The summed E-state index contributed by atoms with van der Waals surface area (Å²) in [5.74, 6) is -1.62. The van der Waals surface area contributed by atoms with Crippen molar-refractivity contribution in [2.45, 2.75) is 19.0 Å². The second-order valence-electron chi connectivity index (χ2n) is 5.88. The minimum absolute atomic E-state index is 0. The monoisotopic (exact) mass is 385 g/mol. The first-order chi connectivity index (χ1) is 12.3. The Morgan fingerprint density at radius 1 is 0.963 bits per heavy atom. The highest BCUT2D eigenvalue weighted by atomic mass is 19.4. The molecule has 0 saturated carbocycles. The highest BCUT2D eigenvalue weighted by Gasteiger charge is 2.36. The Morgan fingerprint density at radius 3 is 2.22 bits per heavy atom. The molecular formula is C17H12F5N3O2. The molecule has 2 N–H and O–H groups in total. The van der Waals surface area contributed by atoms with E-state index in [2.05, 4.69) is 5.21 Å². The van der Waals surface area contributed by atoms with Crippen LogP contribution in [0.25, 0.3) is 11.4 Å². The van der Waals surface area contributed by atoms with E-state index in [0.29, 0.717) is 0 Å². The lowest BCUT2D eigenvalue weighted by atomic mass is 10.0. The summed E-state index contributed by atoms with van der Waals surface area (Å²) in [5, 5.41) is 14.4. The molecule has 1 aliphatic heterocycles. The van der Waals surface area contributed by atoms with Gasteiger partial charge in [-0.15, -0.1) is 0 Å². The minimum atomic E-state index is -4.49. The number of aromatic nitrogens is 3. The Morgan fingerprint density at radius 2 is 1.59 bits per heavy atom. The molecular weight excluding hydrogens is 373 g/mol. The summed E-state index contributed by atoms with van der Waals surface area (Å²) in [6.07, 6.45) is -4.11. The van der Waals surface area contributed by atoms with Crippen molar-refractivity contribution >= 4 is 0 Å². The number of alkyl halides is 3. The third-order valence-corrected chi connectivity index (χ3v) is 4.33. The molecule has 0 spiro atoms. The number of aromatic hydroxyl groups is 1. The molecule has 5 nitrogen and oxygen atoms in total. The molecule has 142 valence electrons. The van der Waals surface area contributed by atoms with Gasteiger partial charge in [-0.25, -0.2) is 8.78 Å². The van der Waals surface area contributed by atoms with Crippen LogP contribution in [0.5, 0.6) is 5.88 Å². The van der Waals surface area contributed by atoms with Crippen molar-refractivity contribution in [3.63, 3.8) is 0 Å². The van der Waals surface area contributed by atoms with Gasteiger partial charge >= 0.3 is 12.1 Å². The lowest BCUT2D eigenvalue weighted by Crippen LogP contribution is -2.43. The van der Waals surface area contributed by atoms with Crippen molar-refractivity contribution in [2.24, 2.45) is 0 Å². The summed E-state index contributed by atoms with van der Waals surface area (Å²) in [5.41, 5.74) is -0.395. The predicted molar refractivity (Wildman–Crippen MR) is 81.0 cm³/mol. The molecule has 0 radical (unpaired) electrons. The molecule has 3 aromatic rings. The van der Waals surface area contributed by atoms with Gasteiger partial charge in [-0.2, -0.15) is 13.2 Å². The zero-order valence-electron chi connectivity index (χ0n) is 13.5. The number of nitrogens with zero attached hydrogens (tertiary/aromatic N) is 3. The van der Waals surface area contributed by atoms with E-state index in [1.54, 1.807) is 0 Å². The SMILES string of the molecule is Oc1c2[n+](nn1-c1ccc(C(F)(F)F)cc1)-c1c(F)ccc(F)c1CC2.[OH-]. The fourth-order valence-electron chi connectivity index (χ4n) is 3.06. The molecule has 0 saturated heterocycles. The van der Waals surface area contributed by atoms with E-state index in [0.717, 1.165) is 45.8 Å². The summed E-state index contributed by atoms with van der Waals surface area (Å²) in [7, 11) is 0. The first-order valence-corrected chi connectivity index (χ1v) is 7.65. The number of halogens is 5. The van der Waals surface area contributed by atoms with Gasteiger partial charge < -0.3 is 10.6 Å². The maximum Gasteiger partial charge on any atom is 0.416 e. The fraction of sp³-hybridized carbons (Fsp3) is 0.176. The van der Waals surface area contributed by atoms with E-state index in [9.17, 15) is 27.1 Å². The highest BCUT2D eigenvalue weighted by molar-refractivity contribution is 5.42. The summed E-state index contributed by atoms with van der Waals surface area (Å²) in [4.78, 5) is 0. The Labute approximate surface area is 149 Å². The van der Waals surface area contributed by atoms with Gasteiger partial charge in [0.05, 0.1) is 5.56 Å². The molecule has 1 aliphatic rings. The van der Waals surface area contributed by atoms with Gasteiger partial charge in [0.1, 0.15) is 11.0 Å². The molecule has 0 fully saturated rings. The van der Waals surface area contributed by atoms with Crippen molar-refractivity contribution in [3.05, 3.63) is 64.9 Å². The van der Waals surface area contributed by atoms with E-state index in [1.165, 1.54) is 0 Å². The van der Waals surface area contributed by atoms with E-state index < -0.39 is 23.4 Å². The number of rotatable bonds is 1. The van der Waals surface area contributed by atoms with E-state index in [-0.39, 0.29) is 46.8 Å². The zero-order valence-corrected chi connectivity index (χ0v) is 13.5. The molecule has 0 atom stereocenters. The van der Waals surface area contributed by atoms with Gasteiger partial charge in [0, 0.05) is 12.0 Å². The summed E-state index contributed by atoms with van der Waals surface area (Å²) in [6.45, 7) is 0. The van der Waals surface area contributed by atoms with Crippen LogP contribution in [0.1, 0.15) is 16.8 Å². The van der Waals surface area contributed by atoms with Crippen LogP contribution in [0.3, 0.4) is 0 Å². The smallest absolute Gasteiger partial charge is 0.416 e. The quantitative estimate of drug-likeness (QED) is 0.517. The summed E-state index contributed by atoms with van der Waals surface area (Å²) in [6, 6.07) is 5.98. The molecule has 0 bridgehead atoms. The van der Waals surface area contributed by atoms with Crippen LogP contribution in [0, 0.1) is 11.6 Å². The molecule has 2 heterocycles. The van der Waals surface area contributed by atoms with Gasteiger partial charge in [-0.1, -0.05) is 9.36 Å². The molecule has 1 aromatic heterocycles. The van der Waals surface area contributed by atoms with Crippen molar-refractivity contribution in [2.75, 3.05) is 0 Å². The van der Waals surface area contributed by atoms with Crippen LogP contribution < -0.4 is 4.68 Å². The molecule has 2 aromatic carbocycles. The second kappa shape index (κ2) is 6.31. The average Bonchev–Trinajstić information content (AvgIpc) is 2.94. The maximum absolute atomic E-state index is 14.2. The first-order valence-electron chi connectivity index (χ1n) is 7.65. The molecule has 0 amide bonds. The number of hydrogen-bond donors (Lipinski definition) is 1. The van der Waals surface area contributed by atoms with Crippen molar-refractivity contribution in [1.82, 2.24) is 9.90 Å². The second-order valence-corrected chi connectivity index (χ2v) is 5.88. The number of hydrogen-bond acceptors (Lipinski definition) is 3.